The number of nitrogens with one attached hydrogen (secondary N) is 1. The van der Waals surface area contributed by atoms with E-state index in [1.54, 1.807) is 16.7 Å². The van der Waals surface area contributed by atoms with Gasteiger partial charge in [-0.05, 0) is 31.5 Å². The van der Waals surface area contributed by atoms with Crippen molar-refractivity contribution in [1.82, 2.24) is 10.2 Å². The van der Waals surface area contributed by atoms with Crippen molar-refractivity contribution in [3.63, 3.8) is 0 Å². The average Bonchev–Trinajstić information content (AvgIpc) is 3.09. The van der Waals surface area contributed by atoms with Gasteiger partial charge in [0.05, 0.1) is 19.1 Å². The fraction of sp³-hybridized carbons (Fsp3) is 0.348. The second kappa shape index (κ2) is 10.3. The molecule has 0 bridgehead atoms. The molecule has 158 valence electrons. The Kier molecular flexibility index (Phi) is 7.52. The summed E-state index contributed by atoms with van der Waals surface area (Å²) < 4.78 is 5.67. The maximum Gasteiger partial charge on any atom is 0.231 e. The summed E-state index contributed by atoms with van der Waals surface area (Å²) in [5.41, 5.74) is 1.61. The normalized spacial score (nSPS) is 18.3. The third-order valence-corrected chi connectivity index (χ3v) is 5.90. The Balaban J connectivity index is 1.85. The Bertz CT molecular complexity index is 917. The van der Waals surface area contributed by atoms with E-state index < -0.39 is 0 Å². The molecule has 1 saturated heterocycles. The number of thioether (sulfide) groups is 1. The van der Waals surface area contributed by atoms with E-state index in [-0.39, 0.29) is 30.3 Å². The van der Waals surface area contributed by atoms with Crippen molar-refractivity contribution >= 4 is 34.4 Å². The standard InChI is InChI=1S/C23H27N3O3S/c1-4-29-21-13-9-8-12-19(21)25-23-26(16(2)15-30-23)22(28)14-20(24-17(3)27)18-10-6-5-7-11-18/h5-13,16,20H,4,14-15H2,1-3H3,(H,24,27). The Morgan fingerprint density at radius 1 is 1.20 bits per heavy atom. The molecular weight excluding hydrogens is 398 g/mol. The minimum Gasteiger partial charge on any atom is -0.492 e. The summed E-state index contributed by atoms with van der Waals surface area (Å²) in [4.78, 5) is 31.5. The van der Waals surface area contributed by atoms with Crippen molar-refractivity contribution in [2.24, 2.45) is 4.99 Å². The van der Waals surface area contributed by atoms with Gasteiger partial charge in [0.2, 0.25) is 11.8 Å². The van der Waals surface area contributed by atoms with Crippen LogP contribution < -0.4 is 10.1 Å². The first kappa shape index (κ1) is 21.9. The SMILES string of the molecule is CCOc1ccccc1N=C1SCC(C)N1C(=O)CC(NC(C)=O)c1ccccc1. The Hall–Kier alpha value is -2.80. The quantitative estimate of drug-likeness (QED) is 0.718. The van der Waals surface area contributed by atoms with Crippen LogP contribution in [0.4, 0.5) is 5.69 Å². The first-order valence-corrected chi connectivity index (χ1v) is 11.1. The van der Waals surface area contributed by atoms with E-state index >= 15 is 0 Å². The number of carbonyl (C=O) groups excluding carboxylic acids is 2. The first-order chi connectivity index (χ1) is 14.5. The van der Waals surface area contributed by atoms with E-state index in [0.29, 0.717) is 23.2 Å². The van der Waals surface area contributed by atoms with E-state index in [0.717, 1.165) is 11.3 Å². The predicted molar refractivity (Wildman–Crippen MR) is 121 cm³/mol. The number of para-hydroxylation sites is 2. The maximum absolute atomic E-state index is 13.3. The van der Waals surface area contributed by atoms with E-state index in [1.807, 2.05) is 68.4 Å². The summed E-state index contributed by atoms with van der Waals surface area (Å²) >= 11 is 1.56. The third kappa shape index (κ3) is 5.42. The van der Waals surface area contributed by atoms with Gasteiger partial charge in [-0.2, -0.15) is 0 Å². The Labute approximate surface area is 181 Å². The van der Waals surface area contributed by atoms with Crippen LogP contribution in [0.3, 0.4) is 0 Å². The number of aliphatic imine (C=N–C) groups is 1. The molecule has 1 aliphatic rings. The smallest absolute Gasteiger partial charge is 0.231 e. The van der Waals surface area contributed by atoms with Crippen molar-refractivity contribution in [1.29, 1.82) is 0 Å². The van der Waals surface area contributed by atoms with Gasteiger partial charge in [-0.3, -0.25) is 14.5 Å². The van der Waals surface area contributed by atoms with Gasteiger partial charge in [-0.1, -0.05) is 54.2 Å². The number of hydrogen-bond acceptors (Lipinski definition) is 5. The van der Waals surface area contributed by atoms with Crippen LogP contribution in [0.25, 0.3) is 0 Å². The molecule has 1 N–H and O–H groups in total. The van der Waals surface area contributed by atoms with Gasteiger partial charge < -0.3 is 10.1 Å². The van der Waals surface area contributed by atoms with Gasteiger partial charge in [0.15, 0.2) is 5.17 Å². The topological polar surface area (TPSA) is 71.0 Å². The molecule has 0 aliphatic carbocycles. The van der Waals surface area contributed by atoms with Gasteiger partial charge in [-0.25, -0.2) is 4.99 Å². The number of nitrogens with zero attached hydrogens (tertiary/aromatic N) is 2. The van der Waals surface area contributed by atoms with Crippen LogP contribution in [-0.4, -0.2) is 40.3 Å². The number of amidine groups is 1. The molecule has 1 heterocycles. The average molecular weight is 426 g/mol. The lowest BCUT2D eigenvalue weighted by Crippen LogP contribution is -2.40. The Morgan fingerprint density at radius 2 is 1.90 bits per heavy atom. The minimum atomic E-state index is -0.383. The summed E-state index contributed by atoms with van der Waals surface area (Å²) in [6, 6.07) is 16.8. The van der Waals surface area contributed by atoms with Gasteiger partial charge in [-0.15, -0.1) is 0 Å². The van der Waals surface area contributed by atoms with Crippen LogP contribution in [0.15, 0.2) is 59.6 Å². The second-order valence-electron chi connectivity index (χ2n) is 7.09. The van der Waals surface area contributed by atoms with Gasteiger partial charge >= 0.3 is 0 Å². The number of hydrogen-bond donors (Lipinski definition) is 1. The molecule has 0 saturated carbocycles. The molecule has 3 rings (SSSR count). The van der Waals surface area contributed by atoms with Crippen LogP contribution in [0.5, 0.6) is 5.75 Å². The number of amides is 2. The van der Waals surface area contributed by atoms with Gasteiger partial charge in [0.25, 0.3) is 0 Å². The number of benzene rings is 2. The molecule has 6 nitrogen and oxygen atoms in total. The summed E-state index contributed by atoms with van der Waals surface area (Å²) in [5.74, 6) is 1.24. The molecule has 2 atom stereocenters. The van der Waals surface area contributed by atoms with Crippen LogP contribution >= 0.6 is 11.8 Å². The van der Waals surface area contributed by atoms with Crippen LogP contribution in [0.1, 0.15) is 38.8 Å². The molecule has 2 amide bonds. The van der Waals surface area contributed by atoms with Crippen LogP contribution in [-0.2, 0) is 9.59 Å². The van der Waals surface area contributed by atoms with Gasteiger partial charge in [0.1, 0.15) is 11.4 Å². The van der Waals surface area contributed by atoms with Crippen LogP contribution in [0.2, 0.25) is 0 Å². The zero-order valence-corrected chi connectivity index (χ0v) is 18.3. The van der Waals surface area contributed by atoms with E-state index in [4.69, 9.17) is 9.73 Å². The minimum absolute atomic E-state index is 0.0225. The highest BCUT2D eigenvalue weighted by Crippen LogP contribution is 2.33. The molecule has 0 spiro atoms. The predicted octanol–water partition coefficient (Wildman–Crippen LogP) is 4.30. The third-order valence-electron chi connectivity index (χ3n) is 4.71. The second-order valence-corrected chi connectivity index (χ2v) is 8.07. The lowest BCUT2D eigenvalue weighted by atomic mass is 10.0. The molecule has 0 radical (unpaired) electrons. The number of rotatable bonds is 7. The zero-order valence-electron chi connectivity index (χ0n) is 17.5. The molecule has 2 aromatic rings. The summed E-state index contributed by atoms with van der Waals surface area (Å²) in [6.07, 6.45) is 0.167. The van der Waals surface area contributed by atoms with Crippen LogP contribution in [0, 0.1) is 0 Å². The molecule has 2 unspecified atom stereocenters. The molecule has 2 aromatic carbocycles. The number of ether oxygens (including phenoxy) is 1. The lowest BCUT2D eigenvalue weighted by Gasteiger charge is -2.25. The molecule has 1 fully saturated rings. The number of carbonyl (C=O) groups is 2. The largest absolute Gasteiger partial charge is 0.492 e. The summed E-state index contributed by atoms with van der Waals surface area (Å²) in [6.45, 7) is 5.95. The Morgan fingerprint density at radius 3 is 2.60 bits per heavy atom. The van der Waals surface area contributed by atoms with Crippen molar-refractivity contribution in [2.75, 3.05) is 12.4 Å². The maximum atomic E-state index is 13.3. The fourth-order valence-electron chi connectivity index (χ4n) is 3.35. The molecule has 1 aliphatic heterocycles. The van der Waals surface area contributed by atoms with E-state index in [1.165, 1.54) is 6.92 Å². The highest BCUT2D eigenvalue weighted by Gasteiger charge is 2.34. The zero-order chi connectivity index (χ0) is 21.5. The lowest BCUT2D eigenvalue weighted by molar-refractivity contribution is -0.129. The highest BCUT2D eigenvalue weighted by molar-refractivity contribution is 8.14. The molecular formula is C23H27N3O3S. The van der Waals surface area contributed by atoms with Crippen molar-refractivity contribution < 1.29 is 14.3 Å². The molecule has 30 heavy (non-hydrogen) atoms. The monoisotopic (exact) mass is 425 g/mol. The molecule has 7 heteroatoms. The van der Waals surface area contributed by atoms with Gasteiger partial charge in [0, 0.05) is 18.7 Å². The fourth-order valence-corrected chi connectivity index (χ4v) is 4.48. The molecule has 0 aromatic heterocycles. The summed E-state index contributed by atoms with van der Waals surface area (Å²) in [7, 11) is 0. The highest BCUT2D eigenvalue weighted by atomic mass is 32.2. The first-order valence-electron chi connectivity index (χ1n) is 10.1. The van der Waals surface area contributed by atoms with E-state index in [9.17, 15) is 9.59 Å². The van der Waals surface area contributed by atoms with Crippen molar-refractivity contribution in [3.8, 4) is 5.75 Å². The van der Waals surface area contributed by atoms with Crippen molar-refractivity contribution in [3.05, 3.63) is 60.2 Å². The summed E-state index contributed by atoms with van der Waals surface area (Å²) in [5, 5.41) is 3.56. The van der Waals surface area contributed by atoms with E-state index in [2.05, 4.69) is 5.32 Å². The van der Waals surface area contributed by atoms with Crippen molar-refractivity contribution in [2.45, 2.75) is 39.3 Å².